The summed E-state index contributed by atoms with van der Waals surface area (Å²) in [5, 5.41) is 10.4. The first-order valence-corrected chi connectivity index (χ1v) is 5.69. The first kappa shape index (κ1) is 13.7. The standard InChI is InChI=1S/C13H26O/c1-10(2)8-7-9-13(14,11(3)4)12(5)6/h7-8,10-12,14H,9H2,1-6H3/b8-7+. The molecule has 0 fully saturated rings. The second-order valence-electron chi connectivity index (χ2n) is 5.18. The van der Waals surface area contributed by atoms with Crippen LogP contribution in [0.25, 0.3) is 0 Å². The van der Waals surface area contributed by atoms with Gasteiger partial charge in [-0.2, -0.15) is 0 Å². The molecule has 0 unspecified atom stereocenters. The smallest absolute Gasteiger partial charge is 0.0727 e. The van der Waals surface area contributed by atoms with Crippen molar-refractivity contribution >= 4 is 0 Å². The summed E-state index contributed by atoms with van der Waals surface area (Å²) in [6.45, 7) is 12.7. The third-order valence-corrected chi connectivity index (χ3v) is 2.97. The minimum atomic E-state index is -0.550. The molecule has 0 saturated carbocycles. The average molecular weight is 198 g/mol. The third kappa shape index (κ3) is 3.83. The molecule has 0 aromatic rings. The first-order valence-electron chi connectivity index (χ1n) is 5.69. The Hall–Kier alpha value is -0.300. The molecule has 0 radical (unpaired) electrons. The third-order valence-electron chi connectivity index (χ3n) is 2.97. The van der Waals surface area contributed by atoms with Crippen molar-refractivity contribution in [3.05, 3.63) is 12.2 Å². The van der Waals surface area contributed by atoms with Crippen LogP contribution in [-0.4, -0.2) is 10.7 Å². The highest BCUT2D eigenvalue weighted by atomic mass is 16.3. The van der Waals surface area contributed by atoms with Gasteiger partial charge in [-0.1, -0.05) is 53.7 Å². The Morgan fingerprint density at radius 1 is 1.00 bits per heavy atom. The SMILES string of the molecule is CC(C)/C=C/CC(O)(C(C)C)C(C)C. The highest BCUT2D eigenvalue weighted by Crippen LogP contribution is 2.30. The van der Waals surface area contributed by atoms with Crippen LogP contribution in [0, 0.1) is 17.8 Å². The molecule has 0 aliphatic carbocycles. The van der Waals surface area contributed by atoms with Gasteiger partial charge in [0.1, 0.15) is 0 Å². The molecule has 1 heteroatoms. The van der Waals surface area contributed by atoms with E-state index in [0.717, 1.165) is 6.42 Å². The summed E-state index contributed by atoms with van der Waals surface area (Å²) in [6, 6.07) is 0. The van der Waals surface area contributed by atoms with Gasteiger partial charge in [0.2, 0.25) is 0 Å². The van der Waals surface area contributed by atoms with E-state index in [0.29, 0.717) is 17.8 Å². The molecule has 1 N–H and O–H groups in total. The summed E-state index contributed by atoms with van der Waals surface area (Å²) in [4.78, 5) is 0. The second kappa shape index (κ2) is 5.55. The molecular formula is C13H26O. The van der Waals surface area contributed by atoms with E-state index in [2.05, 4.69) is 53.7 Å². The van der Waals surface area contributed by atoms with E-state index in [1.54, 1.807) is 0 Å². The van der Waals surface area contributed by atoms with Crippen LogP contribution in [0.3, 0.4) is 0 Å². The molecule has 0 aliphatic heterocycles. The van der Waals surface area contributed by atoms with Crippen LogP contribution in [0.1, 0.15) is 48.0 Å². The van der Waals surface area contributed by atoms with Crippen molar-refractivity contribution in [3.8, 4) is 0 Å². The molecule has 0 atom stereocenters. The van der Waals surface area contributed by atoms with E-state index in [9.17, 15) is 5.11 Å². The normalized spacial score (nSPS) is 13.9. The van der Waals surface area contributed by atoms with Gasteiger partial charge in [-0.15, -0.1) is 0 Å². The zero-order valence-electron chi connectivity index (χ0n) is 10.5. The van der Waals surface area contributed by atoms with Crippen molar-refractivity contribution in [3.63, 3.8) is 0 Å². The maximum absolute atomic E-state index is 10.4. The lowest BCUT2D eigenvalue weighted by atomic mass is 9.78. The monoisotopic (exact) mass is 198 g/mol. The van der Waals surface area contributed by atoms with Gasteiger partial charge in [-0.25, -0.2) is 0 Å². The van der Waals surface area contributed by atoms with Crippen LogP contribution in [0.5, 0.6) is 0 Å². The molecule has 84 valence electrons. The second-order valence-corrected chi connectivity index (χ2v) is 5.18. The van der Waals surface area contributed by atoms with Crippen LogP contribution in [-0.2, 0) is 0 Å². The van der Waals surface area contributed by atoms with Gasteiger partial charge in [0.25, 0.3) is 0 Å². The van der Waals surface area contributed by atoms with Gasteiger partial charge in [0.15, 0.2) is 0 Å². The topological polar surface area (TPSA) is 20.2 Å². The zero-order chi connectivity index (χ0) is 11.4. The van der Waals surface area contributed by atoms with Crippen LogP contribution in [0.4, 0.5) is 0 Å². The molecule has 1 nitrogen and oxygen atoms in total. The Morgan fingerprint density at radius 3 is 1.71 bits per heavy atom. The number of allylic oxidation sites excluding steroid dienone is 1. The van der Waals surface area contributed by atoms with Crippen LogP contribution in [0.15, 0.2) is 12.2 Å². The minimum absolute atomic E-state index is 0.305. The van der Waals surface area contributed by atoms with Crippen molar-refractivity contribution in [2.24, 2.45) is 17.8 Å². The summed E-state index contributed by atoms with van der Waals surface area (Å²) in [5.41, 5.74) is -0.550. The van der Waals surface area contributed by atoms with Crippen LogP contribution in [0.2, 0.25) is 0 Å². The van der Waals surface area contributed by atoms with E-state index >= 15 is 0 Å². The maximum atomic E-state index is 10.4. The average Bonchev–Trinajstić information content (AvgIpc) is 2.02. The van der Waals surface area contributed by atoms with E-state index in [4.69, 9.17) is 0 Å². The predicted molar refractivity (Wildman–Crippen MR) is 63.2 cm³/mol. The van der Waals surface area contributed by atoms with Crippen molar-refractivity contribution in [1.29, 1.82) is 0 Å². The quantitative estimate of drug-likeness (QED) is 0.669. The summed E-state index contributed by atoms with van der Waals surface area (Å²) in [7, 11) is 0. The number of hydrogen-bond acceptors (Lipinski definition) is 1. The van der Waals surface area contributed by atoms with E-state index < -0.39 is 5.60 Å². The molecule has 0 rings (SSSR count). The largest absolute Gasteiger partial charge is 0.389 e. The predicted octanol–water partition coefficient (Wildman–Crippen LogP) is 3.63. The molecule has 0 aliphatic rings. The van der Waals surface area contributed by atoms with Crippen LogP contribution < -0.4 is 0 Å². The van der Waals surface area contributed by atoms with Gasteiger partial charge < -0.3 is 5.11 Å². The van der Waals surface area contributed by atoms with Crippen molar-refractivity contribution in [1.82, 2.24) is 0 Å². The number of rotatable bonds is 5. The highest BCUT2D eigenvalue weighted by molar-refractivity contribution is 4.95. The summed E-state index contributed by atoms with van der Waals surface area (Å²) >= 11 is 0. The molecular weight excluding hydrogens is 172 g/mol. The van der Waals surface area contributed by atoms with Crippen molar-refractivity contribution in [2.75, 3.05) is 0 Å². The lowest BCUT2D eigenvalue weighted by molar-refractivity contribution is -0.0439. The Bertz CT molecular complexity index is 170. The van der Waals surface area contributed by atoms with E-state index in [1.807, 2.05) is 0 Å². The summed E-state index contributed by atoms with van der Waals surface area (Å²) in [6.07, 6.45) is 5.04. The molecule has 14 heavy (non-hydrogen) atoms. The van der Waals surface area contributed by atoms with Gasteiger partial charge in [-0.05, 0) is 24.2 Å². The lowest BCUT2D eigenvalue weighted by Gasteiger charge is -2.35. The number of hydrogen-bond donors (Lipinski definition) is 1. The number of aliphatic hydroxyl groups is 1. The first-order chi connectivity index (χ1) is 6.30. The van der Waals surface area contributed by atoms with Gasteiger partial charge >= 0.3 is 0 Å². The lowest BCUT2D eigenvalue weighted by Crippen LogP contribution is -2.40. The van der Waals surface area contributed by atoms with E-state index in [1.165, 1.54) is 0 Å². The molecule has 0 heterocycles. The Morgan fingerprint density at radius 2 is 1.43 bits per heavy atom. The Labute approximate surface area is 89.2 Å². The van der Waals surface area contributed by atoms with E-state index in [-0.39, 0.29) is 0 Å². The highest BCUT2D eigenvalue weighted by Gasteiger charge is 2.32. The minimum Gasteiger partial charge on any atom is -0.389 e. The summed E-state index contributed by atoms with van der Waals surface area (Å²) in [5.74, 6) is 1.18. The maximum Gasteiger partial charge on any atom is 0.0727 e. The summed E-state index contributed by atoms with van der Waals surface area (Å²) < 4.78 is 0. The van der Waals surface area contributed by atoms with Gasteiger partial charge in [0, 0.05) is 0 Å². The molecule has 0 bridgehead atoms. The molecule has 0 amide bonds. The van der Waals surface area contributed by atoms with Gasteiger partial charge in [-0.3, -0.25) is 0 Å². The fourth-order valence-corrected chi connectivity index (χ4v) is 1.67. The Balaban J connectivity index is 4.39. The molecule has 0 aromatic carbocycles. The fraction of sp³-hybridized carbons (Fsp3) is 0.846. The van der Waals surface area contributed by atoms with Crippen molar-refractivity contribution in [2.45, 2.75) is 53.6 Å². The van der Waals surface area contributed by atoms with Crippen molar-refractivity contribution < 1.29 is 5.11 Å². The Kier molecular flexibility index (Phi) is 5.43. The molecule has 0 aromatic heterocycles. The fourth-order valence-electron chi connectivity index (χ4n) is 1.67. The van der Waals surface area contributed by atoms with Crippen LogP contribution >= 0.6 is 0 Å². The zero-order valence-corrected chi connectivity index (χ0v) is 10.5. The van der Waals surface area contributed by atoms with Gasteiger partial charge in [0.05, 0.1) is 5.60 Å². The molecule has 0 spiro atoms. The molecule has 0 saturated heterocycles.